The third-order valence-electron chi connectivity index (χ3n) is 3.87. The standard InChI is InChI=1S/C16H16N2O4S3/c19-14(17-12-6-7-25(21,22)10-12)9-18-15(20)13(24-16(18)23)8-11-4-2-1-3-5-11/h1-5,8,12H,6-7,9-10H2,(H,17,19)/b13-8-/t12-/m0/s1. The summed E-state index contributed by atoms with van der Waals surface area (Å²) in [6.45, 7) is -0.201. The zero-order valence-electron chi connectivity index (χ0n) is 13.2. The van der Waals surface area contributed by atoms with Gasteiger partial charge in [0.05, 0.1) is 16.4 Å². The molecule has 0 unspecified atom stereocenters. The fourth-order valence-electron chi connectivity index (χ4n) is 2.66. The van der Waals surface area contributed by atoms with Crippen molar-refractivity contribution < 1.29 is 18.0 Å². The highest BCUT2D eigenvalue weighted by atomic mass is 32.2. The number of nitrogens with one attached hydrogen (secondary N) is 1. The first-order valence-electron chi connectivity index (χ1n) is 7.64. The van der Waals surface area contributed by atoms with Gasteiger partial charge in [-0.15, -0.1) is 0 Å². The second-order valence-electron chi connectivity index (χ2n) is 5.85. The van der Waals surface area contributed by atoms with Gasteiger partial charge in [0.1, 0.15) is 10.9 Å². The zero-order chi connectivity index (χ0) is 18.0. The van der Waals surface area contributed by atoms with Gasteiger partial charge in [-0.3, -0.25) is 14.5 Å². The van der Waals surface area contributed by atoms with Crippen molar-refractivity contribution in [3.05, 3.63) is 40.8 Å². The minimum Gasteiger partial charge on any atom is -0.351 e. The lowest BCUT2D eigenvalue weighted by Crippen LogP contribution is -2.43. The van der Waals surface area contributed by atoms with Crippen molar-refractivity contribution in [2.75, 3.05) is 18.1 Å². The largest absolute Gasteiger partial charge is 0.351 e. The van der Waals surface area contributed by atoms with E-state index in [1.54, 1.807) is 6.08 Å². The topological polar surface area (TPSA) is 83.6 Å². The fraction of sp³-hybridized carbons (Fsp3) is 0.312. The Morgan fingerprint density at radius 3 is 2.72 bits per heavy atom. The molecule has 0 spiro atoms. The van der Waals surface area contributed by atoms with Crippen molar-refractivity contribution in [1.82, 2.24) is 10.2 Å². The van der Waals surface area contributed by atoms with Crippen molar-refractivity contribution in [3.63, 3.8) is 0 Å². The number of rotatable bonds is 4. The monoisotopic (exact) mass is 396 g/mol. The van der Waals surface area contributed by atoms with Gasteiger partial charge in [0.15, 0.2) is 9.84 Å². The summed E-state index contributed by atoms with van der Waals surface area (Å²) in [7, 11) is -3.07. The van der Waals surface area contributed by atoms with Gasteiger partial charge in [-0.25, -0.2) is 8.42 Å². The summed E-state index contributed by atoms with van der Waals surface area (Å²) in [5, 5.41) is 2.67. The Kier molecular flexibility index (Phi) is 5.26. The number of hydrogen-bond acceptors (Lipinski definition) is 6. The Balaban J connectivity index is 1.63. The van der Waals surface area contributed by atoms with E-state index >= 15 is 0 Å². The van der Waals surface area contributed by atoms with Crippen LogP contribution in [0.5, 0.6) is 0 Å². The van der Waals surface area contributed by atoms with Gasteiger partial charge >= 0.3 is 0 Å². The molecule has 25 heavy (non-hydrogen) atoms. The first-order chi connectivity index (χ1) is 11.8. The molecule has 2 aliphatic heterocycles. The molecule has 0 saturated carbocycles. The molecule has 1 aromatic carbocycles. The lowest BCUT2D eigenvalue weighted by molar-refractivity contribution is -0.129. The lowest BCUT2D eigenvalue weighted by atomic mass is 10.2. The molecule has 9 heteroatoms. The minimum absolute atomic E-state index is 0.0506. The molecule has 2 heterocycles. The molecular formula is C16H16N2O4S3. The Morgan fingerprint density at radius 1 is 1.36 bits per heavy atom. The van der Waals surface area contributed by atoms with Gasteiger partial charge in [0.2, 0.25) is 5.91 Å². The van der Waals surface area contributed by atoms with Crippen molar-refractivity contribution in [2.24, 2.45) is 0 Å². The summed E-state index contributed by atoms with van der Waals surface area (Å²) in [4.78, 5) is 26.3. The maximum Gasteiger partial charge on any atom is 0.266 e. The number of thiocarbonyl (C=S) groups is 1. The number of amides is 2. The summed E-state index contributed by atoms with van der Waals surface area (Å²) < 4.78 is 23.2. The van der Waals surface area contributed by atoms with Crippen molar-refractivity contribution in [3.8, 4) is 0 Å². The van der Waals surface area contributed by atoms with Gasteiger partial charge in [0, 0.05) is 6.04 Å². The molecule has 2 aliphatic rings. The molecule has 0 aliphatic carbocycles. The average molecular weight is 397 g/mol. The van der Waals surface area contributed by atoms with E-state index in [1.807, 2.05) is 30.3 Å². The number of thioether (sulfide) groups is 1. The maximum atomic E-state index is 12.5. The number of benzene rings is 1. The van der Waals surface area contributed by atoms with Gasteiger partial charge in [-0.1, -0.05) is 54.3 Å². The van der Waals surface area contributed by atoms with E-state index < -0.39 is 21.8 Å². The molecule has 2 amide bonds. The van der Waals surface area contributed by atoms with Crippen LogP contribution in [0.3, 0.4) is 0 Å². The number of nitrogens with zero attached hydrogens (tertiary/aromatic N) is 1. The SMILES string of the molecule is O=C(CN1C(=O)/C(=C/c2ccccc2)SC1=S)N[C@H]1CCS(=O)(=O)C1. The van der Waals surface area contributed by atoms with Crippen LogP contribution in [0.25, 0.3) is 6.08 Å². The minimum atomic E-state index is -3.07. The summed E-state index contributed by atoms with van der Waals surface area (Å²) in [6, 6.07) is 8.98. The molecule has 2 saturated heterocycles. The van der Waals surface area contributed by atoms with Crippen LogP contribution < -0.4 is 5.32 Å². The highest BCUT2D eigenvalue weighted by Gasteiger charge is 2.35. The number of carbonyl (C=O) groups excluding carboxylic acids is 2. The zero-order valence-corrected chi connectivity index (χ0v) is 15.6. The molecule has 1 N–H and O–H groups in total. The van der Waals surface area contributed by atoms with Crippen LogP contribution in [-0.2, 0) is 19.4 Å². The predicted molar refractivity (Wildman–Crippen MR) is 102 cm³/mol. The average Bonchev–Trinajstić information content (AvgIpc) is 3.02. The van der Waals surface area contributed by atoms with Crippen LogP contribution >= 0.6 is 24.0 Å². The molecule has 0 aromatic heterocycles. The van der Waals surface area contributed by atoms with E-state index in [9.17, 15) is 18.0 Å². The van der Waals surface area contributed by atoms with Gasteiger partial charge < -0.3 is 5.32 Å². The van der Waals surface area contributed by atoms with Gasteiger partial charge in [0.25, 0.3) is 5.91 Å². The predicted octanol–water partition coefficient (Wildman–Crippen LogP) is 1.19. The molecule has 0 bridgehead atoms. The molecule has 1 atom stereocenters. The highest BCUT2D eigenvalue weighted by molar-refractivity contribution is 8.26. The molecule has 2 fully saturated rings. The molecule has 3 rings (SSSR count). The first-order valence-corrected chi connectivity index (χ1v) is 10.7. The fourth-order valence-corrected chi connectivity index (χ4v) is 5.59. The quantitative estimate of drug-likeness (QED) is 0.608. The van der Waals surface area contributed by atoms with Crippen molar-refractivity contribution >= 4 is 56.0 Å². The highest BCUT2D eigenvalue weighted by Crippen LogP contribution is 2.32. The molecule has 0 radical (unpaired) electrons. The van der Waals surface area contributed by atoms with E-state index in [1.165, 1.54) is 4.90 Å². The summed E-state index contributed by atoms with van der Waals surface area (Å²) >= 11 is 6.35. The normalized spacial score (nSPS) is 24.1. The summed E-state index contributed by atoms with van der Waals surface area (Å²) in [6.07, 6.45) is 2.14. The number of hydrogen-bond donors (Lipinski definition) is 1. The van der Waals surface area contributed by atoms with Crippen LogP contribution in [0.1, 0.15) is 12.0 Å². The summed E-state index contributed by atoms with van der Waals surface area (Å²) in [5.74, 6) is -0.684. The molecule has 132 valence electrons. The van der Waals surface area contributed by atoms with Crippen LogP contribution in [0.15, 0.2) is 35.2 Å². The van der Waals surface area contributed by atoms with Crippen LogP contribution in [0, 0.1) is 0 Å². The Bertz CT molecular complexity index is 849. The third kappa shape index (κ3) is 4.47. The Labute approximate surface area is 155 Å². The van der Waals surface area contributed by atoms with Crippen LogP contribution in [-0.4, -0.2) is 53.5 Å². The first kappa shape index (κ1) is 18.1. The second-order valence-corrected chi connectivity index (χ2v) is 9.75. The van der Waals surface area contributed by atoms with Crippen molar-refractivity contribution in [2.45, 2.75) is 12.5 Å². The maximum absolute atomic E-state index is 12.5. The van der Waals surface area contributed by atoms with Crippen LogP contribution in [0.4, 0.5) is 0 Å². The Morgan fingerprint density at radius 2 is 2.08 bits per heavy atom. The molecular weight excluding hydrogens is 380 g/mol. The van der Waals surface area contributed by atoms with E-state index in [0.29, 0.717) is 15.6 Å². The van der Waals surface area contributed by atoms with E-state index in [-0.39, 0.29) is 24.0 Å². The molecule has 1 aromatic rings. The van der Waals surface area contributed by atoms with E-state index in [2.05, 4.69) is 5.32 Å². The second kappa shape index (κ2) is 7.27. The van der Waals surface area contributed by atoms with Crippen molar-refractivity contribution in [1.29, 1.82) is 0 Å². The smallest absolute Gasteiger partial charge is 0.266 e. The number of sulfone groups is 1. The Hall–Kier alpha value is -1.71. The molecule has 6 nitrogen and oxygen atoms in total. The number of carbonyl (C=O) groups is 2. The van der Waals surface area contributed by atoms with E-state index in [0.717, 1.165) is 17.3 Å². The third-order valence-corrected chi connectivity index (χ3v) is 7.02. The van der Waals surface area contributed by atoms with E-state index in [4.69, 9.17) is 12.2 Å². The lowest BCUT2D eigenvalue weighted by Gasteiger charge is -2.16. The van der Waals surface area contributed by atoms with Gasteiger partial charge in [-0.05, 0) is 18.1 Å². The van der Waals surface area contributed by atoms with Crippen LogP contribution in [0.2, 0.25) is 0 Å². The summed E-state index contributed by atoms with van der Waals surface area (Å²) in [5.41, 5.74) is 0.878. The van der Waals surface area contributed by atoms with Gasteiger partial charge in [-0.2, -0.15) is 0 Å².